The van der Waals surface area contributed by atoms with E-state index in [2.05, 4.69) is 10.1 Å². The largest absolute Gasteiger partial charge is 0.481 e. The molecule has 0 aliphatic carbocycles. The summed E-state index contributed by atoms with van der Waals surface area (Å²) in [5.41, 5.74) is -0.378. The number of rotatable bonds is 6. The molecule has 0 aliphatic heterocycles. The Morgan fingerprint density at radius 3 is 2.25 bits per heavy atom. The second-order valence-electron chi connectivity index (χ2n) is 5.71. The van der Waals surface area contributed by atoms with Crippen molar-refractivity contribution >= 4 is 18.0 Å². The van der Waals surface area contributed by atoms with Gasteiger partial charge in [0.1, 0.15) is 0 Å². The van der Waals surface area contributed by atoms with Gasteiger partial charge in [-0.15, -0.1) is 0 Å². The number of urea groups is 1. The minimum Gasteiger partial charge on any atom is -0.481 e. The van der Waals surface area contributed by atoms with Gasteiger partial charge in [0.15, 0.2) is 0 Å². The lowest BCUT2D eigenvalue weighted by Gasteiger charge is -2.32. The molecule has 7 heteroatoms. The zero-order valence-electron chi connectivity index (χ0n) is 12.7. The van der Waals surface area contributed by atoms with E-state index in [0.717, 1.165) is 0 Å². The maximum absolute atomic E-state index is 12.0. The zero-order valence-corrected chi connectivity index (χ0v) is 12.7. The monoisotopic (exact) mass is 288 g/mol. The Morgan fingerprint density at radius 1 is 1.30 bits per heavy atom. The summed E-state index contributed by atoms with van der Waals surface area (Å²) in [5, 5.41) is 11.6. The number of hydrogen-bond donors (Lipinski definition) is 2. The third-order valence-electron chi connectivity index (χ3n) is 2.95. The van der Waals surface area contributed by atoms with Crippen molar-refractivity contribution in [3.63, 3.8) is 0 Å². The molecular weight excluding hydrogens is 264 g/mol. The Balaban J connectivity index is 4.51. The number of nitrogens with one attached hydrogen (secondary N) is 1. The summed E-state index contributed by atoms with van der Waals surface area (Å²) in [4.78, 5) is 35.1. The zero-order chi connectivity index (χ0) is 15.9. The molecule has 0 aliphatic rings. The number of hydrogen-bond acceptors (Lipinski definition) is 4. The highest BCUT2D eigenvalue weighted by atomic mass is 16.5. The van der Waals surface area contributed by atoms with Gasteiger partial charge in [-0.25, -0.2) is 4.79 Å². The molecule has 0 aromatic carbocycles. The molecule has 0 fully saturated rings. The van der Waals surface area contributed by atoms with E-state index in [1.54, 1.807) is 7.05 Å². The maximum Gasteiger partial charge on any atom is 0.317 e. The molecule has 0 radical (unpaired) electrons. The van der Waals surface area contributed by atoms with Gasteiger partial charge >= 0.3 is 18.0 Å². The molecule has 0 saturated heterocycles. The summed E-state index contributed by atoms with van der Waals surface area (Å²) in [7, 11) is 2.82. The second-order valence-corrected chi connectivity index (χ2v) is 5.71. The first-order chi connectivity index (χ1) is 9.07. The van der Waals surface area contributed by atoms with Gasteiger partial charge in [-0.1, -0.05) is 20.8 Å². The Morgan fingerprint density at radius 2 is 1.85 bits per heavy atom. The van der Waals surface area contributed by atoms with Crippen LogP contribution in [0.4, 0.5) is 4.79 Å². The Bertz CT molecular complexity index is 362. The molecule has 0 rings (SSSR count). The third-order valence-corrected chi connectivity index (χ3v) is 2.95. The van der Waals surface area contributed by atoms with Gasteiger partial charge in [0, 0.05) is 19.6 Å². The highest BCUT2D eigenvalue weighted by molar-refractivity contribution is 5.77. The van der Waals surface area contributed by atoms with E-state index >= 15 is 0 Å². The third kappa shape index (κ3) is 6.96. The van der Waals surface area contributed by atoms with Crippen LogP contribution in [0, 0.1) is 5.41 Å². The van der Waals surface area contributed by atoms with Crippen LogP contribution in [-0.2, 0) is 14.3 Å². The first-order valence-corrected chi connectivity index (χ1v) is 6.38. The molecule has 20 heavy (non-hydrogen) atoms. The van der Waals surface area contributed by atoms with E-state index in [1.165, 1.54) is 12.0 Å². The van der Waals surface area contributed by atoms with Crippen molar-refractivity contribution in [2.24, 2.45) is 5.41 Å². The average Bonchev–Trinajstić information content (AvgIpc) is 2.32. The molecule has 0 heterocycles. The number of ether oxygens (including phenoxy) is 1. The fourth-order valence-electron chi connectivity index (χ4n) is 1.47. The van der Waals surface area contributed by atoms with E-state index in [9.17, 15) is 14.4 Å². The minimum absolute atomic E-state index is 0.0968. The molecule has 2 amide bonds. The van der Waals surface area contributed by atoms with Crippen LogP contribution < -0.4 is 5.32 Å². The Hall–Kier alpha value is -1.79. The van der Waals surface area contributed by atoms with E-state index in [-0.39, 0.29) is 24.8 Å². The summed E-state index contributed by atoms with van der Waals surface area (Å²) < 4.78 is 4.49. The van der Waals surface area contributed by atoms with Crippen LogP contribution in [0.2, 0.25) is 0 Å². The standard InChI is InChI=1S/C13H24N2O5/c1-13(2,3)9(8-10(16)17)14-12(19)15(4)7-6-11(18)20-5/h9H,6-8H2,1-5H3,(H,14,19)(H,16,17). The lowest BCUT2D eigenvalue weighted by atomic mass is 9.85. The molecule has 0 bridgehead atoms. The molecular formula is C13H24N2O5. The normalized spacial score (nSPS) is 12.4. The number of esters is 1. The molecule has 0 spiro atoms. The minimum atomic E-state index is -0.970. The van der Waals surface area contributed by atoms with Crippen molar-refractivity contribution in [1.29, 1.82) is 0 Å². The van der Waals surface area contributed by atoms with Gasteiger partial charge in [0.25, 0.3) is 0 Å². The van der Waals surface area contributed by atoms with Crippen LogP contribution in [0.15, 0.2) is 0 Å². The summed E-state index contributed by atoms with van der Waals surface area (Å²) in [6.07, 6.45) is -0.0559. The predicted molar refractivity (Wildman–Crippen MR) is 73.3 cm³/mol. The van der Waals surface area contributed by atoms with Crippen LogP contribution in [0.5, 0.6) is 0 Å². The van der Waals surface area contributed by atoms with Crippen molar-refractivity contribution in [2.75, 3.05) is 20.7 Å². The van der Waals surface area contributed by atoms with Crippen molar-refractivity contribution in [2.45, 2.75) is 39.7 Å². The molecule has 7 nitrogen and oxygen atoms in total. The number of carbonyl (C=O) groups is 3. The number of methoxy groups -OCH3 is 1. The quantitative estimate of drug-likeness (QED) is 0.713. The first kappa shape index (κ1) is 18.2. The molecule has 116 valence electrons. The molecule has 1 atom stereocenters. The van der Waals surface area contributed by atoms with E-state index in [4.69, 9.17) is 5.11 Å². The van der Waals surface area contributed by atoms with Gasteiger partial charge in [-0.05, 0) is 5.41 Å². The number of carboxylic acids is 1. The summed E-state index contributed by atoms with van der Waals surface area (Å²) >= 11 is 0. The number of amides is 2. The lowest BCUT2D eigenvalue weighted by molar-refractivity contribution is -0.141. The molecule has 2 N–H and O–H groups in total. The Kier molecular flexibility index (Phi) is 7.02. The van der Waals surface area contributed by atoms with Gasteiger partial charge in [-0.2, -0.15) is 0 Å². The topological polar surface area (TPSA) is 95.9 Å². The summed E-state index contributed by atoms with van der Waals surface area (Å²) in [6.45, 7) is 5.78. The molecule has 0 aromatic rings. The number of carboxylic acid groups (broad SMARTS) is 1. The van der Waals surface area contributed by atoms with Crippen LogP contribution >= 0.6 is 0 Å². The molecule has 0 aromatic heterocycles. The van der Waals surface area contributed by atoms with Crippen LogP contribution in [-0.4, -0.2) is 54.7 Å². The fourth-order valence-corrected chi connectivity index (χ4v) is 1.47. The SMILES string of the molecule is COC(=O)CCN(C)C(=O)NC(CC(=O)O)C(C)(C)C. The fraction of sp³-hybridized carbons (Fsp3) is 0.769. The number of carbonyl (C=O) groups excluding carboxylic acids is 2. The first-order valence-electron chi connectivity index (χ1n) is 6.38. The van der Waals surface area contributed by atoms with Gasteiger partial charge < -0.3 is 20.1 Å². The predicted octanol–water partition coefficient (Wildman–Crippen LogP) is 1.08. The van der Waals surface area contributed by atoms with Crippen molar-refractivity contribution in [3.8, 4) is 0 Å². The van der Waals surface area contributed by atoms with Crippen LogP contribution in [0.1, 0.15) is 33.6 Å². The van der Waals surface area contributed by atoms with Gasteiger partial charge in [-0.3, -0.25) is 9.59 Å². The van der Waals surface area contributed by atoms with Crippen molar-refractivity contribution in [1.82, 2.24) is 10.2 Å². The summed E-state index contributed by atoms with van der Waals surface area (Å²) in [6, 6.07) is -0.900. The van der Waals surface area contributed by atoms with E-state index in [0.29, 0.717) is 0 Å². The van der Waals surface area contributed by atoms with Crippen LogP contribution in [0.25, 0.3) is 0 Å². The summed E-state index contributed by atoms with van der Waals surface area (Å²) in [5.74, 6) is -1.37. The van der Waals surface area contributed by atoms with Crippen molar-refractivity contribution < 1.29 is 24.2 Å². The smallest absolute Gasteiger partial charge is 0.317 e. The number of nitrogens with zero attached hydrogens (tertiary/aromatic N) is 1. The number of aliphatic carboxylic acids is 1. The maximum atomic E-state index is 12.0. The highest BCUT2D eigenvalue weighted by Gasteiger charge is 2.29. The lowest BCUT2D eigenvalue weighted by Crippen LogP contribution is -2.49. The Labute approximate surface area is 119 Å². The molecule has 1 unspecified atom stereocenters. The van der Waals surface area contributed by atoms with Crippen LogP contribution in [0.3, 0.4) is 0 Å². The molecule has 0 saturated carbocycles. The van der Waals surface area contributed by atoms with E-state index in [1.807, 2.05) is 20.8 Å². The second kappa shape index (κ2) is 7.72. The van der Waals surface area contributed by atoms with Crippen molar-refractivity contribution in [3.05, 3.63) is 0 Å². The highest BCUT2D eigenvalue weighted by Crippen LogP contribution is 2.22. The van der Waals surface area contributed by atoms with Gasteiger partial charge in [0.2, 0.25) is 0 Å². The average molecular weight is 288 g/mol. The van der Waals surface area contributed by atoms with E-state index < -0.39 is 24.0 Å². The van der Waals surface area contributed by atoms with Gasteiger partial charge in [0.05, 0.1) is 20.0 Å².